The number of rotatable bonds is 2. The maximum atomic E-state index is 9.02. The van der Waals surface area contributed by atoms with Gasteiger partial charge in [-0.2, -0.15) is 0 Å². The second-order valence-corrected chi connectivity index (χ2v) is 3.68. The van der Waals surface area contributed by atoms with Gasteiger partial charge < -0.3 is 5.11 Å². The van der Waals surface area contributed by atoms with Crippen LogP contribution in [-0.4, -0.2) is 10.1 Å². The highest BCUT2D eigenvalue weighted by Crippen LogP contribution is 2.16. The van der Waals surface area contributed by atoms with Crippen LogP contribution in [0.2, 0.25) is 0 Å². The maximum Gasteiger partial charge on any atom is 0.222 e. The zero-order valence-electron chi connectivity index (χ0n) is 7.42. The van der Waals surface area contributed by atoms with E-state index in [2.05, 4.69) is 4.98 Å². The van der Waals surface area contributed by atoms with Gasteiger partial charge in [0.1, 0.15) is 5.01 Å². The quantitative estimate of drug-likeness (QED) is 0.813. The third-order valence-corrected chi connectivity index (χ3v) is 2.53. The smallest absolute Gasteiger partial charge is 0.222 e. The van der Waals surface area contributed by atoms with Gasteiger partial charge in [-0.1, -0.05) is 36.4 Å². The van der Waals surface area contributed by atoms with Gasteiger partial charge in [-0.25, -0.2) is 4.98 Å². The van der Waals surface area contributed by atoms with Crippen molar-refractivity contribution in [2.24, 2.45) is 0 Å². The van der Waals surface area contributed by atoms with Crippen molar-refractivity contribution < 1.29 is 5.11 Å². The van der Waals surface area contributed by atoms with Gasteiger partial charge in [0.05, 0.1) is 5.38 Å². The van der Waals surface area contributed by atoms with Crippen LogP contribution < -0.4 is 0 Å². The standard InChI is InChI=1S/C11H9NOS/c13-10-8-14-11(12-10)7-6-9-4-2-1-3-5-9/h1-8,13H/b7-6+. The third-order valence-electron chi connectivity index (χ3n) is 1.73. The molecule has 0 unspecified atom stereocenters. The third kappa shape index (κ3) is 2.20. The molecule has 2 nitrogen and oxygen atoms in total. The molecule has 0 aliphatic carbocycles. The lowest BCUT2D eigenvalue weighted by molar-refractivity contribution is 0.457. The summed E-state index contributed by atoms with van der Waals surface area (Å²) in [6.45, 7) is 0. The predicted molar refractivity (Wildman–Crippen MR) is 59.1 cm³/mol. The van der Waals surface area contributed by atoms with E-state index in [0.29, 0.717) is 0 Å². The topological polar surface area (TPSA) is 33.1 Å². The molecule has 2 rings (SSSR count). The van der Waals surface area contributed by atoms with Crippen LogP contribution in [-0.2, 0) is 0 Å². The van der Waals surface area contributed by atoms with Crippen LogP contribution in [0.15, 0.2) is 35.7 Å². The van der Waals surface area contributed by atoms with E-state index >= 15 is 0 Å². The van der Waals surface area contributed by atoms with E-state index in [9.17, 15) is 0 Å². The Bertz CT molecular complexity index is 434. The van der Waals surface area contributed by atoms with Crippen molar-refractivity contribution in [1.29, 1.82) is 0 Å². The van der Waals surface area contributed by atoms with E-state index in [-0.39, 0.29) is 5.88 Å². The van der Waals surface area contributed by atoms with Crippen LogP contribution >= 0.6 is 11.3 Å². The zero-order valence-corrected chi connectivity index (χ0v) is 8.24. The fourth-order valence-electron chi connectivity index (χ4n) is 1.09. The fraction of sp³-hybridized carbons (Fsp3) is 0. The first kappa shape index (κ1) is 8.97. The molecule has 0 spiro atoms. The highest BCUT2D eigenvalue weighted by atomic mass is 32.1. The Morgan fingerprint density at radius 2 is 1.93 bits per heavy atom. The van der Waals surface area contributed by atoms with E-state index in [1.165, 1.54) is 11.3 Å². The van der Waals surface area contributed by atoms with Gasteiger partial charge in [-0.3, -0.25) is 0 Å². The molecule has 0 saturated carbocycles. The summed E-state index contributed by atoms with van der Waals surface area (Å²) in [5, 5.41) is 11.4. The molecule has 14 heavy (non-hydrogen) atoms. The first-order chi connectivity index (χ1) is 6.84. The molecular weight excluding hydrogens is 194 g/mol. The van der Waals surface area contributed by atoms with Crippen molar-refractivity contribution in [3.05, 3.63) is 46.3 Å². The average molecular weight is 203 g/mol. The lowest BCUT2D eigenvalue weighted by Crippen LogP contribution is -1.69. The zero-order chi connectivity index (χ0) is 9.80. The van der Waals surface area contributed by atoms with Crippen LogP contribution in [0.1, 0.15) is 10.6 Å². The van der Waals surface area contributed by atoms with Crippen molar-refractivity contribution >= 4 is 23.5 Å². The second kappa shape index (κ2) is 4.07. The summed E-state index contributed by atoms with van der Waals surface area (Å²) in [5.41, 5.74) is 1.13. The second-order valence-electron chi connectivity index (χ2n) is 2.79. The summed E-state index contributed by atoms with van der Waals surface area (Å²) in [6, 6.07) is 9.98. The molecule has 0 radical (unpaired) electrons. The minimum atomic E-state index is 0.0858. The first-order valence-electron chi connectivity index (χ1n) is 4.22. The van der Waals surface area contributed by atoms with Gasteiger partial charge in [0.2, 0.25) is 5.88 Å². The number of aromatic nitrogens is 1. The molecule has 0 aliphatic heterocycles. The number of hydrogen-bond acceptors (Lipinski definition) is 3. The molecule has 1 aromatic heterocycles. The van der Waals surface area contributed by atoms with Gasteiger partial charge in [-0.15, -0.1) is 11.3 Å². The Labute approximate surface area is 86.2 Å². The Balaban J connectivity index is 2.15. The summed E-state index contributed by atoms with van der Waals surface area (Å²) in [7, 11) is 0. The maximum absolute atomic E-state index is 9.02. The molecule has 3 heteroatoms. The highest BCUT2D eigenvalue weighted by Gasteiger charge is 1.94. The Morgan fingerprint density at radius 3 is 2.57 bits per heavy atom. The number of benzene rings is 1. The van der Waals surface area contributed by atoms with Gasteiger partial charge in [0.25, 0.3) is 0 Å². The summed E-state index contributed by atoms with van der Waals surface area (Å²) in [4.78, 5) is 3.91. The Kier molecular flexibility index (Phi) is 2.60. The normalized spacial score (nSPS) is 10.9. The van der Waals surface area contributed by atoms with E-state index in [1.54, 1.807) is 5.38 Å². The van der Waals surface area contributed by atoms with Gasteiger partial charge in [-0.05, 0) is 11.6 Å². The highest BCUT2D eigenvalue weighted by molar-refractivity contribution is 7.10. The summed E-state index contributed by atoms with van der Waals surface area (Å²) in [5.74, 6) is 0.0858. The van der Waals surface area contributed by atoms with Gasteiger partial charge >= 0.3 is 0 Å². The number of hydrogen-bond donors (Lipinski definition) is 1. The summed E-state index contributed by atoms with van der Waals surface area (Å²) < 4.78 is 0. The van der Waals surface area contributed by atoms with Crippen LogP contribution in [0, 0.1) is 0 Å². The van der Waals surface area contributed by atoms with E-state index in [0.717, 1.165) is 10.6 Å². The van der Waals surface area contributed by atoms with Crippen LogP contribution in [0.25, 0.3) is 12.2 Å². The van der Waals surface area contributed by atoms with E-state index in [1.807, 2.05) is 42.5 Å². The van der Waals surface area contributed by atoms with Crippen LogP contribution in [0.3, 0.4) is 0 Å². The molecule has 0 fully saturated rings. The molecule has 0 atom stereocenters. The minimum Gasteiger partial charge on any atom is -0.493 e. The SMILES string of the molecule is Oc1csc(/C=C/c2ccccc2)n1. The first-order valence-corrected chi connectivity index (χ1v) is 5.10. The van der Waals surface area contributed by atoms with Crippen molar-refractivity contribution in [2.45, 2.75) is 0 Å². The fourth-order valence-corrected chi connectivity index (χ4v) is 1.66. The monoisotopic (exact) mass is 203 g/mol. The van der Waals surface area contributed by atoms with Crippen LogP contribution in [0.5, 0.6) is 5.88 Å². The van der Waals surface area contributed by atoms with Crippen LogP contribution in [0.4, 0.5) is 0 Å². The van der Waals surface area contributed by atoms with Gasteiger partial charge in [0, 0.05) is 0 Å². The molecule has 2 aromatic rings. The number of nitrogens with zero attached hydrogens (tertiary/aromatic N) is 1. The Hall–Kier alpha value is -1.61. The van der Waals surface area contributed by atoms with Crippen molar-refractivity contribution in [3.63, 3.8) is 0 Å². The van der Waals surface area contributed by atoms with E-state index in [4.69, 9.17) is 5.11 Å². The minimum absolute atomic E-state index is 0.0858. The predicted octanol–water partition coefficient (Wildman–Crippen LogP) is 3.02. The number of thiazole rings is 1. The largest absolute Gasteiger partial charge is 0.493 e. The van der Waals surface area contributed by atoms with Crippen molar-refractivity contribution in [1.82, 2.24) is 4.98 Å². The molecule has 0 aliphatic rings. The molecule has 0 saturated heterocycles. The molecule has 1 N–H and O–H groups in total. The Morgan fingerprint density at radius 1 is 1.14 bits per heavy atom. The molecular formula is C11H9NOS. The van der Waals surface area contributed by atoms with E-state index < -0.39 is 0 Å². The average Bonchev–Trinajstić information content (AvgIpc) is 2.63. The summed E-state index contributed by atoms with van der Waals surface area (Å²) in [6.07, 6.45) is 3.86. The van der Waals surface area contributed by atoms with Crippen molar-refractivity contribution in [3.8, 4) is 5.88 Å². The molecule has 0 bridgehead atoms. The summed E-state index contributed by atoms with van der Waals surface area (Å²) >= 11 is 1.42. The van der Waals surface area contributed by atoms with Crippen molar-refractivity contribution in [2.75, 3.05) is 0 Å². The van der Waals surface area contributed by atoms with Gasteiger partial charge in [0.15, 0.2) is 0 Å². The molecule has 70 valence electrons. The molecule has 0 amide bonds. The molecule has 1 heterocycles. The number of aromatic hydroxyl groups is 1. The lowest BCUT2D eigenvalue weighted by Gasteiger charge is -1.89. The molecule has 1 aromatic carbocycles. The lowest BCUT2D eigenvalue weighted by atomic mass is 10.2.